The highest BCUT2D eigenvalue weighted by atomic mass is 16.6. The maximum absolute atomic E-state index is 13.7. The highest BCUT2D eigenvalue weighted by molar-refractivity contribution is 5.98. The van der Waals surface area contributed by atoms with Gasteiger partial charge >= 0.3 is 11.9 Å². The topological polar surface area (TPSA) is 91.4 Å². The summed E-state index contributed by atoms with van der Waals surface area (Å²) < 4.78 is 24.0. The zero-order chi connectivity index (χ0) is 28.6. The summed E-state index contributed by atoms with van der Waals surface area (Å²) in [6, 6.07) is 0. The van der Waals surface area contributed by atoms with Crippen LogP contribution in [0.2, 0.25) is 0 Å². The van der Waals surface area contributed by atoms with Crippen LogP contribution in [-0.2, 0) is 33.3 Å². The van der Waals surface area contributed by atoms with Gasteiger partial charge in [-0.1, -0.05) is 26.3 Å². The van der Waals surface area contributed by atoms with Gasteiger partial charge in [0.25, 0.3) is 0 Å². The highest BCUT2D eigenvalue weighted by Crippen LogP contribution is 2.73. The molecule has 7 nitrogen and oxygen atoms in total. The number of hydrogen-bond donors (Lipinski definition) is 0. The number of allylic oxidation sites excluding steroid dienone is 1. The van der Waals surface area contributed by atoms with Crippen molar-refractivity contribution in [1.82, 2.24) is 0 Å². The van der Waals surface area contributed by atoms with Gasteiger partial charge in [0.15, 0.2) is 5.78 Å². The van der Waals surface area contributed by atoms with Gasteiger partial charge in [-0.3, -0.25) is 9.59 Å². The van der Waals surface area contributed by atoms with E-state index in [0.29, 0.717) is 42.3 Å². The number of carbonyl (C=O) groups excluding carboxylic acids is 3. The van der Waals surface area contributed by atoms with E-state index in [4.69, 9.17) is 18.9 Å². The smallest absolute Gasteiger partial charge is 0.337 e. The van der Waals surface area contributed by atoms with Gasteiger partial charge in [-0.15, -0.1) is 0 Å². The second kappa shape index (κ2) is 9.79. The second-order valence-corrected chi connectivity index (χ2v) is 14.0. The summed E-state index contributed by atoms with van der Waals surface area (Å²) in [5.41, 5.74) is 0.532. The van der Waals surface area contributed by atoms with E-state index in [0.717, 1.165) is 44.1 Å². The number of ether oxygens (including phenoxy) is 4. The number of rotatable bonds is 7. The highest BCUT2D eigenvalue weighted by Gasteiger charge is 2.80. The maximum atomic E-state index is 13.7. The van der Waals surface area contributed by atoms with Crippen LogP contribution in [0.15, 0.2) is 23.3 Å². The Hall–Kier alpha value is -1.99. The lowest BCUT2D eigenvalue weighted by Gasteiger charge is -2.58. The van der Waals surface area contributed by atoms with Crippen molar-refractivity contribution in [1.29, 1.82) is 0 Å². The van der Waals surface area contributed by atoms with Crippen molar-refractivity contribution in [2.75, 3.05) is 13.2 Å². The summed E-state index contributed by atoms with van der Waals surface area (Å²) in [5.74, 6) is 1.42. The molecule has 6 rings (SSSR count). The Balaban J connectivity index is 1.21. The summed E-state index contributed by atoms with van der Waals surface area (Å²) in [6.45, 7) is 13.0. The van der Waals surface area contributed by atoms with Crippen LogP contribution >= 0.6 is 0 Å². The van der Waals surface area contributed by atoms with Crippen LogP contribution in [-0.4, -0.2) is 54.8 Å². The molecule has 0 radical (unpaired) electrons. The number of esters is 2. The summed E-state index contributed by atoms with van der Waals surface area (Å²) in [7, 11) is 0. The first-order valence-corrected chi connectivity index (χ1v) is 15.5. The SMILES string of the molecule is CCCOC1C=CC(=O)C2(C)C3CCC4(C)C(C(C)C5CC(C)=C(COC(C)=O)C(=O)O5)CCC4C3CC3OC132. The van der Waals surface area contributed by atoms with Gasteiger partial charge in [0, 0.05) is 20.0 Å². The Kier molecular flexibility index (Phi) is 6.89. The van der Waals surface area contributed by atoms with Gasteiger partial charge in [0.1, 0.15) is 24.4 Å². The summed E-state index contributed by atoms with van der Waals surface area (Å²) >= 11 is 0. The number of hydrogen-bond acceptors (Lipinski definition) is 7. The summed E-state index contributed by atoms with van der Waals surface area (Å²) in [6.07, 6.45) is 10.5. The lowest BCUT2D eigenvalue weighted by Crippen LogP contribution is -2.64. The molecule has 0 aromatic heterocycles. The zero-order valence-electron chi connectivity index (χ0n) is 25.0. The Morgan fingerprint density at radius 2 is 1.95 bits per heavy atom. The number of carbonyl (C=O) groups is 3. The molecule has 7 heteroatoms. The second-order valence-electron chi connectivity index (χ2n) is 14.0. The van der Waals surface area contributed by atoms with Crippen LogP contribution in [0.25, 0.3) is 0 Å². The molecule has 6 aliphatic rings. The molecule has 0 N–H and O–H groups in total. The van der Waals surface area contributed by atoms with Crippen molar-refractivity contribution in [2.24, 2.45) is 40.4 Å². The first-order valence-electron chi connectivity index (χ1n) is 15.5. The molecule has 220 valence electrons. The molecule has 2 aliphatic heterocycles. The van der Waals surface area contributed by atoms with Crippen molar-refractivity contribution in [3.8, 4) is 0 Å². The third-order valence-electron chi connectivity index (χ3n) is 12.3. The van der Waals surface area contributed by atoms with Crippen molar-refractivity contribution >= 4 is 17.7 Å². The number of cyclic esters (lactones) is 1. The molecule has 0 amide bonds. The molecule has 0 aromatic rings. The summed E-state index contributed by atoms with van der Waals surface area (Å²) in [4.78, 5) is 37.9. The first kappa shape index (κ1) is 28.1. The molecule has 1 spiro atoms. The van der Waals surface area contributed by atoms with E-state index in [9.17, 15) is 14.4 Å². The minimum Gasteiger partial charge on any atom is -0.461 e. The Morgan fingerprint density at radius 3 is 2.65 bits per heavy atom. The predicted octanol–water partition coefficient (Wildman–Crippen LogP) is 5.36. The monoisotopic (exact) mass is 554 g/mol. The van der Waals surface area contributed by atoms with E-state index in [1.165, 1.54) is 6.92 Å². The molecule has 40 heavy (non-hydrogen) atoms. The van der Waals surface area contributed by atoms with Crippen LogP contribution < -0.4 is 0 Å². The molecule has 0 bridgehead atoms. The third kappa shape index (κ3) is 3.85. The van der Waals surface area contributed by atoms with Gasteiger partial charge in [0.2, 0.25) is 0 Å². The lowest BCUT2D eigenvalue weighted by molar-refractivity contribution is -0.157. The third-order valence-corrected chi connectivity index (χ3v) is 12.3. The maximum Gasteiger partial charge on any atom is 0.337 e. The fourth-order valence-corrected chi connectivity index (χ4v) is 10.2. The molecule has 11 atom stereocenters. The van der Waals surface area contributed by atoms with Crippen LogP contribution in [0.4, 0.5) is 0 Å². The summed E-state index contributed by atoms with van der Waals surface area (Å²) in [5, 5.41) is 0. The average Bonchev–Trinajstić information content (AvgIpc) is 3.53. The molecular weight excluding hydrogens is 508 g/mol. The fourth-order valence-electron chi connectivity index (χ4n) is 10.2. The molecule has 0 aromatic carbocycles. The molecule has 4 aliphatic carbocycles. The minimum absolute atomic E-state index is 0.0187. The van der Waals surface area contributed by atoms with E-state index in [2.05, 4.69) is 27.7 Å². The standard InChI is InChI=1S/C33H46O7/c1-7-14-37-28-11-10-27(35)32(6)25-12-13-31(5)23(8-9-24(31)21(25)16-29-33(28,32)40-29)19(3)26-15-18(2)22(30(36)39-26)17-38-20(4)34/h10-11,19,21,23-26,28-29H,7-9,12-17H2,1-6H3. The average molecular weight is 555 g/mol. The molecule has 1 saturated heterocycles. The molecule has 4 fully saturated rings. The minimum atomic E-state index is -0.544. The van der Waals surface area contributed by atoms with E-state index < -0.39 is 17.0 Å². The van der Waals surface area contributed by atoms with E-state index in [1.54, 1.807) is 6.08 Å². The van der Waals surface area contributed by atoms with E-state index >= 15 is 0 Å². The van der Waals surface area contributed by atoms with E-state index in [1.807, 2.05) is 13.0 Å². The van der Waals surface area contributed by atoms with Gasteiger partial charge in [-0.2, -0.15) is 0 Å². The van der Waals surface area contributed by atoms with Gasteiger partial charge in [-0.05, 0) is 99.5 Å². The largest absolute Gasteiger partial charge is 0.461 e. The molecule has 2 heterocycles. The van der Waals surface area contributed by atoms with E-state index in [-0.39, 0.29) is 48.0 Å². The normalized spacial score (nSPS) is 46.1. The Morgan fingerprint density at radius 1 is 1.18 bits per heavy atom. The van der Waals surface area contributed by atoms with Crippen LogP contribution in [0.3, 0.4) is 0 Å². The Labute approximate surface area is 238 Å². The van der Waals surface area contributed by atoms with Gasteiger partial charge in [0.05, 0.1) is 17.1 Å². The van der Waals surface area contributed by atoms with Crippen LogP contribution in [0, 0.1) is 40.4 Å². The number of fused-ring (bicyclic) bond motifs is 4. The number of ketones is 1. The van der Waals surface area contributed by atoms with Gasteiger partial charge < -0.3 is 18.9 Å². The van der Waals surface area contributed by atoms with Crippen LogP contribution in [0.5, 0.6) is 0 Å². The quantitative estimate of drug-likeness (QED) is 0.309. The van der Waals surface area contributed by atoms with Crippen molar-refractivity contribution in [3.63, 3.8) is 0 Å². The Bertz CT molecular complexity index is 1160. The zero-order valence-corrected chi connectivity index (χ0v) is 25.0. The van der Waals surface area contributed by atoms with Gasteiger partial charge in [-0.25, -0.2) is 4.79 Å². The molecular formula is C33H46O7. The first-order chi connectivity index (χ1) is 19.0. The molecule has 3 saturated carbocycles. The number of epoxide rings is 1. The van der Waals surface area contributed by atoms with Crippen LogP contribution in [0.1, 0.15) is 86.5 Å². The van der Waals surface area contributed by atoms with Crippen molar-refractivity contribution < 1.29 is 33.3 Å². The van der Waals surface area contributed by atoms with Crippen molar-refractivity contribution in [3.05, 3.63) is 23.3 Å². The lowest BCUT2D eigenvalue weighted by atomic mass is 9.44. The van der Waals surface area contributed by atoms with Crippen molar-refractivity contribution in [2.45, 2.75) is 110 Å². The molecule has 11 unspecified atom stereocenters. The predicted molar refractivity (Wildman–Crippen MR) is 148 cm³/mol. The fraction of sp³-hybridized carbons (Fsp3) is 0.788.